The largest absolute Gasteiger partial charge is 0.427 e. The molecule has 0 N–H and O–H groups in total. The fourth-order valence-electron chi connectivity index (χ4n) is 1.31. The van der Waals surface area contributed by atoms with Crippen LogP contribution in [0.25, 0.3) is 0 Å². The number of hydrogen-bond donors (Lipinski definition) is 0. The standard InChI is InChI=1S/C12H16O3/c1-10(13)15-12-7-5-11(6-8-12)4-3-9-14-2/h5-8H,3-4,9H2,1-2H3. The van der Waals surface area contributed by atoms with Gasteiger partial charge in [0.15, 0.2) is 0 Å². The van der Waals surface area contributed by atoms with Crippen molar-refractivity contribution in [3.63, 3.8) is 0 Å². The molecule has 0 spiro atoms. The van der Waals surface area contributed by atoms with Crippen LogP contribution in [0.4, 0.5) is 0 Å². The number of methoxy groups -OCH3 is 1. The SMILES string of the molecule is COCCCc1ccc(OC(C)=O)cc1. The number of aryl methyl sites for hydroxylation is 1. The van der Waals surface area contributed by atoms with E-state index in [2.05, 4.69) is 0 Å². The van der Waals surface area contributed by atoms with Crippen LogP contribution >= 0.6 is 0 Å². The molecule has 0 aromatic heterocycles. The minimum atomic E-state index is -0.290. The van der Waals surface area contributed by atoms with Gasteiger partial charge in [0.05, 0.1) is 0 Å². The number of carbonyl (C=O) groups is 1. The highest BCUT2D eigenvalue weighted by Gasteiger charge is 1.98. The summed E-state index contributed by atoms with van der Waals surface area (Å²) in [6.07, 6.45) is 1.98. The Hall–Kier alpha value is -1.35. The lowest BCUT2D eigenvalue weighted by atomic mass is 10.1. The number of esters is 1. The molecule has 0 amide bonds. The molecule has 0 atom stereocenters. The predicted octanol–water partition coefficient (Wildman–Crippen LogP) is 2.19. The molecule has 1 aromatic rings. The summed E-state index contributed by atoms with van der Waals surface area (Å²) >= 11 is 0. The predicted molar refractivity (Wildman–Crippen MR) is 57.9 cm³/mol. The Kier molecular flexibility index (Phi) is 4.84. The van der Waals surface area contributed by atoms with Crippen molar-refractivity contribution in [2.45, 2.75) is 19.8 Å². The van der Waals surface area contributed by atoms with Gasteiger partial charge >= 0.3 is 5.97 Å². The smallest absolute Gasteiger partial charge is 0.308 e. The molecular formula is C12H16O3. The monoisotopic (exact) mass is 208 g/mol. The van der Waals surface area contributed by atoms with Crippen LogP contribution in [0.2, 0.25) is 0 Å². The molecule has 0 saturated carbocycles. The molecule has 0 saturated heterocycles. The lowest BCUT2D eigenvalue weighted by Crippen LogP contribution is -2.01. The molecule has 15 heavy (non-hydrogen) atoms. The summed E-state index contributed by atoms with van der Waals surface area (Å²) < 4.78 is 9.90. The molecular weight excluding hydrogens is 192 g/mol. The molecule has 0 fully saturated rings. The minimum Gasteiger partial charge on any atom is -0.427 e. The Balaban J connectivity index is 2.45. The first kappa shape index (κ1) is 11.7. The third kappa shape index (κ3) is 4.61. The van der Waals surface area contributed by atoms with Crippen LogP contribution in [-0.2, 0) is 16.0 Å². The fourth-order valence-corrected chi connectivity index (χ4v) is 1.31. The third-order valence-corrected chi connectivity index (χ3v) is 2.00. The van der Waals surface area contributed by atoms with Crippen LogP contribution < -0.4 is 4.74 Å². The zero-order valence-corrected chi connectivity index (χ0v) is 9.16. The number of benzene rings is 1. The van der Waals surface area contributed by atoms with E-state index in [0.29, 0.717) is 5.75 Å². The van der Waals surface area contributed by atoms with Gasteiger partial charge in [-0.3, -0.25) is 4.79 Å². The van der Waals surface area contributed by atoms with Crippen LogP contribution in [0.5, 0.6) is 5.75 Å². The highest BCUT2D eigenvalue weighted by Crippen LogP contribution is 2.13. The summed E-state index contributed by atoms with van der Waals surface area (Å²) in [7, 11) is 1.70. The van der Waals surface area contributed by atoms with Gasteiger partial charge in [-0.25, -0.2) is 0 Å². The van der Waals surface area contributed by atoms with Gasteiger partial charge in [-0.1, -0.05) is 12.1 Å². The molecule has 1 aromatic carbocycles. The Morgan fingerprint density at radius 1 is 1.27 bits per heavy atom. The van der Waals surface area contributed by atoms with E-state index >= 15 is 0 Å². The Morgan fingerprint density at radius 2 is 1.93 bits per heavy atom. The highest BCUT2D eigenvalue weighted by molar-refractivity contribution is 5.69. The normalized spacial score (nSPS) is 10.0. The molecule has 0 radical (unpaired) electrons. The molecule has 3 heteroatoms. The zero-order chi connectivity index (χ0) is 11.1. The topological polar surface area (TPSA) is 35.5 Å². The summed E-state index contributed by atoms with van der Waals surface area (Å²) in [6.45, 7) is 2.16. The van der Waals surface area contributed by atoms with Crippen LogP contribution in [0.1, 0.15) is 18.9 Å². The van der Waals surface area contributed by atoms with E-state index in [1.54, 1.807) is 7.11 Å². The third-order valence-electron chi connectivity index (χ3n) is 2.00. The lowest BCUT2D eigenvalue weighted by Gasteiger charge is -2.03. The Bertz CT molecular complexity index is 303. The summed E-state index contributed by atoms with van der Waals surface area (Å²) in [5, 5.41) is 0. The van der Waals surface area contributed by atoms with Crippen molar-refractivity contribution in [3.8, 4) is 5.75 Å². The molecule has 0 aliphatic heterocycles. The number of ether oxygens (including phenoxy) is 2. The van der Waals surface area contributed by atoms with Gasteiger partial charge < -0.3 is 9.47 Å². The molecule has 3 nitrogen and oxygen atoms in total. The van der Waals surface area contributed by atoms with E-state index in [0.717, 1.165) is 19.4 Å². The van der Waals surface area contributed by atoms with Gasteiger partial charge in [0.25, 0.3) is 0 Å². The van der Waals surface area contributed by atoms with E-state index in [-0.39, 0.29) is 5.97 Å². The maximum atomic E-state index is 10.7. The first-order chi connectivity index (χ1) is 7.22. The van der Waals surface area contributed by atoms with E-state index < -0.39 is 0 Å². The second-order valence-electron chi connectivity index (χ2n) is 3.33. The average Bonchev–Trinajstić information content (AvgIpc) is 2.20. The molecule has 0 heterocycles. The molecule has 0 bridgehead atoms. The second kappa shape index (κ2) is 6.19. The first-order valence-corrected chi connectivity index (χ1v) is 4.98. The summed E-state index contributed by atoms with van der Waals surface area (Å²) in [5.74, 6) is 0.306. The van der Waals surface area contributed by atoms with Crippen molar-refractivity contribution >= 4 is 5.97 Å². The van der Waals surface area contributed by atoms with Gasteiger partial charge in [0.1, 0.15) is 5.75 Å². The van der Waals surface area contributed by atoms with Crippen LogP contribution in [0.3, 0.4) is 0 Å². The van der Waals surface area contributed by atoms with Crippen molar-refractivity contribution in [3.05, 3.63) is 29.8 Å². The maximum absolute atomic E-state index is 10.7. The van der Waals surface area contributed by atoms with Crippen LogP contribution in [0, 0.1) is 0 Å². The molecule has 0 unspecified atom stereocenters. The summed E-state index contributed by atoms with van der Waals surface area (Å²) in [5.41, 5.74) is 1.22. The van der Waals surface area contributed by atoms with E-state index in [1.807, 2.05) is 24.3 Å². The molecule has 0 aliphatic carbocycles. The zero-order valence-electron chi connectivity index (χ0n) is 9.16. The van der Waals surface area contributed by atoms with Crippen molar-refractivity contribution in [2.24, 2.45) is 0 Å². The molecule has 1 rings (SSSR count). The van der Waals surface area contributed by atoms with Crippen molar-refractivity contribution in [1.29, 1.82) is 0 Å². The molecule has 82 valence electrons. The Labute approximate surface area is 90.0 Å². The highest BCUT2D eigenvalue weighted by atomic mass is 16.5. The summed E-state index contributed by atoms with van der Waals surface area (Å²) in [6, 6.07) is 7.55. The lowest BCUT2D eigenvalue weighted by molar-refractivity contribution is -0.131. The number of rotatable bonds is 5. The van der Waals surface area contributed by atoms with Gasteiger partial charge in [-0.05, 0) is 30.5 Å². The average molecular weight is 208 g/mol. The minimum absolute atomic E-state index is 0.290. The van der Waals surface area contributed by atoms with Crippen molar-refractivity contribution in [2.75, 3.05) is 13.7 Å². The second-order valence-corrected chi connectivity index (χ2v) is 3.33. The van der Waals surface area contributed by atoms with E-state index in [9.17, 15) is 4.79 Å². The maximum Gasteiger partial charge on any atom is 0.308 e. The van der Waals surface area contributed by atoms with Crippen molar-refractivity contribution < 1.29 is 14.3 Å². The quantitative estimate of drug-likeness (QED) is 0.422. The fraction of sp³-hybridized carbons (Fsp3) is 0.417. The first-order valence-electron chi connectivity index (χ1n) is 4.98. The number of carbonyl (C=O) groups excluding carboxylic acids is 1. The van der Waals surface area contributed by atoms with Crippen LogP contribution in [-0.4, -0.2) is 19.7 Å². The van der Waals surface area contributed by atoms with Crippen LogP contribution in [0.15, 0.2) is 24.3 Å². The van der Waals surface area contributed by atoms with Gasteiger partial charge in [0.2, 0.25) is 0 Å². The van der Waals surface area contributed by atoms with E-state index in [1.165, 1.54) is 12.5 Å². The summed E-state index contributed by atoms with van der Waals surface area (Å²) in [4.78, 5) is 10.7. The van der Waals surface area contributed by atoms with Gasteiger partial charge in [-0.15, -0.1) is 0 Å². The van der Waals surface area contributed by atoms with Gasteiger partial charge in [-0.2, -0.15) is 0 Å². The van der Waals surface area contributed by atoms with Crippen molar-refractivity contribution in [1.82, 2.24) is 0 Å². The molecule has 0 aliphatic rings. The number of hydrogen-bond acceptors (Lipinski definition) is 3. The Morgan fingerprint density at radius 3 is 2.47 bits per heavy atom. The van der Waals surface area contributed by atoms with E-state index in [4.69, 9.17) is 9.47 Å². The van der Waals surface area contributed by atoms with Gasteiger partial charge in [0, 0.05) is 20.6 Å².